The maximum Gasteiger partial charge on any atom is 0.416 e. The maximum atomic E-state index is 14.2. The van der Waals surface area contributed by atoms with Gasteiger partial charge >= 0.3 is 12.2 Å². The molecule has 1 saturated heterocycles. The highest BCUT2D eigenvalue weighted by molar-refractivity contribution is 7.20. The zero-order chi connectivity index (χ0) is 28.0. The molecule has 1 N–H and O–H groups in total. The quantitative estimate of drug-likeness (QED) is 0.303. The molecule has 3 aromatic carbocycles. The molecule has 7 nitrogen and oxygen atoms in total. The van der Waals surface area contributed by atoms with Crippen LogP contribution in [-0.4, -0.2) is 45.8 Å². The first-order valence-electron chi connectivity index (χ1n) is 12.4. The van der Waals surface area contributed by atoms with Gasteiger partial charge in [-0.25, -0.2) is 9.78 Å². The van der Waals surface area contributed by atoms with Gasteiger partial charge < -0.3 is 10.2 Å². The predicted octanol–water partition coefficient (Wildman–Crippen LogP) is 6.41. The molecule has 2 aliphatic rings. The number of fused-ring (bicyclic) bond motifs is 1. The van der Waals surface area contributed by atoms with Crippen molar-refractivity contribution in [3.05, 3.63) is 99.5 Å². The lowest BCUT2D eigenvalue weighted by Gasteiger charge is -2.35. The largest absolute Gasteiger partial charge is 0.416 e. The first kappa shape index (κ1) is 26.3. The summed E-state index contributed by atoms with van der Waals surface area (Å²) in [5.41, 5.74) is 0.830. The molecule has 204 valence electrons. The zero-order valence-electron chi connectivity index (χ0n) is 20.7. The van der Waals surface area contributed by atoms with E-state index in [2.05, 4.69) is 5.32 Å². The Hall–Kier alpha value is -3.96. The molecule has 4 aromatic rings. The summed E-state index contributed by atoms with van der Waals surface area (Å²) >= 11 is 7.47. The number of nitrogens with one attached hydrogen (secondary N) is 1. The number of thiazole rings is 1. The molecule has 0 aliphatic carbocycles. The summed E-state index contributed by atoms with van der Waals surface area (Å²) in [6.45, 7) is 0.136. The number of amides is 3. The number of hydrogen-bond donors (Lipinski definition) is 1. The van der Waals surface area contributed by atoms with E-state index < -0.39 is 29.9 Å². The minimum Gasteiger partial charge on any atom is -0.338 e. The number of para-hydroxylation sites is 1. The van der Waals surface area contributed by atoms with E-state index in [1.165, 1.54) is 27.2 Å². The van der Waals surface area contributed by atoms with Crippen molar-refractivity contribution >= 4 is 50.9 Å². The summed E-state index contributed by atoms with van der Waals surface area (Å²) in [7, 11) is 0. The molecule has 2 aliphatic heterocycles. The van der Waals surface area contributed by atoms with Crippen molar-refractivity contribution in [3.63, 3.8) is 0 Å². The van der Waals surface area contributed by atoms with Gasteiger partial charge in [-0.2, -0.15) is 13.2 Å². The van der Waals surface area contributed by atoms with Crippen LogP contribution in [0.5, 0.6) is 0 Å². The van der Waals surface area contributed by atoms with Crippen LogP contribution in [0.25, 0.3) is 10.2 Å². The Morgan fingerprint density at radius 3 is 2.50 bits per heavy atom. The second-order valence-electron chi connectivity index (χ2n) is 9.43. The molecule has 12 heteroatoms. The van der Waals surface area contributed by atoms with Crippen molar-refractivity contribution < 1.29 is 22.8 Å². The van der Waals surface area contributed by atoms with Crippen LogP contribution in [0.15, 0.2) is 77.8 Å². The zero-order valence-corrected chi connectivity index (χ0v) is 22.3. The monoisotopic (exact) mass is 583 g/mol. The minimum absolute atomic E-state index is 0.0256. The summed E-state index contributed by atoms with van der Waals surface area (Å²) in [5.74, 6) is 0.0736. The van der Waals surface area contributed by atoms with E-state index in [9.17, 15) is 22.8 Å². The number of carbonyl (C=O) groups is 2. The maximum absolute atomic E-state index is 14.2. The molecule has 2 atom stereocenters. The summed E-state index contributed by atoms with van der Waals surface area (Å²) in [4.78, 5) is 38.5. The average Bonchev–Trinajstić information content (AvgIpc) is 3.55. The van der Waals surface area contributed by atoms with Crippen molar-refractivity contribution in [1.82, 2.24) is 20.1 Å². The van der Waals surface area contributed by atoms with E-state index in [4.69, 9.17) is 21.6 Å². The van der Waals surface area contributed by atoms with Crippen molar-refractivity contribution in [1.29, 1.82) is 0 Å². The predicted molar refractivity (Wildman–Crippen MR) is 146 cm³/mol. The molecular formula is C28H21ClF3N5O2S. The third kappa shape index (κ3) is 4.90. The number of carbonyl (C=O) groups excluding carboxylic acids is 2. The van der Waals surface area contributed by atoms with Crippen molar-refractivity contribution in [2.45, 2.75) is 24.7 Å². The van der Waals surface area contributed by atoms with Crippen molar-refractivity contribution in [2.75, 3.05) is 13.2 Å². The molecule has 0 radical (unpaired) electrons. The van der Waals surface area contributed by atoms with Crippen molar-refractivity contribution in [3.8, 4) is 0 Å². The normalized spacial score (nSPS) is 19.6. The number of urea groups is 1. The van der Waals surface area contributed by atoms with Crippen LogP contribution in [0, 0.1) is 0 Å². The smallest absolute Gasteiger partial charge is 0.338 e. The molecule has 0 saturated carbocycles. The average molecular weight is 584 g/mol. The standard InChI is InChI=1S/C28H21ClF3N5O2S/c29-19-10-8-16(9-11-19)23-24(17-4-3-5-18(14-17)28(30,31)32)37(27(39)36-13-12-22(38)33-15-36)25(35-23)26-34-20-6-1-2-7-21(20)40-26/h1-11,14,23-24H,12-13,15H2,(H,33,38). The van der Waals surface area contributed by atoms with Crippen LogP contribution >= 0.6 is 22.9 Å². The summed E-state index contributed by atoms with van der Waals surface area (Å²) < 4.78 is 42.2. The molecule has 3 heterocycles. The van der Waals surface area contributed by atoms with Gasteiger partial charge in [-0.3, -0.25) is 14.7 Å². The fourth-order valence-corrected chi connectivity index (χ4v) is 6.01. The minimum atomic E-state index is -4.58. The number of amidine groups is 1. The lowest BCUT2D eigenvalue weighted by atomic mass is 9.92. The van der Waals surface area contributed by atoms with E-state index in [1.807, 2.05) is 24.3 Å². The number of rotatable bonds is 3. The van der Waals surface area contributed by atoms with Gasteiger partial charge in [0.05, 0.1) is 28.5 Å². The van der Waals surface area contributed by atoms with Crippen LogP contribution < -0.4 is 5.32 Å². The summed E-state index contributed by atoms with van der Waals surface area (Å²) in [6, 6.07) is 17.1. The van der Waals surface area contributed by atoms with Gasteiger partial charge in [0.1, 0.15) is 6.04 Å². The summed E-state index contributed by atoms with van der Waals surface area (Å²) in [6.07, 6.45) is -4.46. The highest BCUT2D eigenvalue weighted by Gasteiger charge is 2.46. The van der Waals surface area contributed by atoms with E-state index >= 15 is 0 Å². The highest BCUT2D eigenvalue weighted by atomic mass is 35.5. The van der Waals surface area contributed by atoms with Crippen LogP contribution in [0.1, 0.15) is 40.2 Å². The Bertz CT molecular complexity index is 1600. The topological polar surface area (TPSA) is 77.9 Å². The Morgan fingerprint density at radius 2 is 1.80 bits per heavy atom. The highest BCUT2D eigenvalue weighted by Crippen LogP contribution is 2.46. The number of nitrogens with zero attached hydrogens (tertiary/aromatic N) is 4. The van der Waals surface area contributed by atoms with Gasteiger partial charge in [-0.15, -0.1) is 11.3 Å². The van der Waals surface area contributed by atoms with Crippen LogP contribution in [-0.2, 0) is 11.0 Å². The Morgan fingerprint density at radius 1 is 1.02 bits per heavy atom. The SMILES string of the molecule is O=C1CCN(C(=O)N2C(c3nc4ccccc4s3)=NC(c3ccc(Cl)cc3)C2c2cccc(C(F)(F)F)c2)CN1. The van der Waals surface area contributed by atoms with Crippen molar-refractivity contribution in [2.24, 2.45) is 4.99 Å². The number of aliphatic imine (C=N–C) groups is 1. The third-order valence-electron chi connectivity index (χ3n) is 6.87. The van der Waals surface area contributed by atoms with Gasteiger partial charge in [-0.1, -0.05) is 48.0 Å². The second-order valence-corrected chi connectivity index (χ2v) is 10.9. The Kier molecular flexibility index (Phi) is 6.71. The molecule has 3 amide bonds. The molecule has 40 heavy (non-hydrogen) atoms. The lowest BCUT2D eigenvalue weighted by Crippen LogP contribution is -2.53. The fourth-order valence-electron chi connectivity index (χ4n) is 4.92. The molecule has 1 aromatic heterocycles. The van der Waals surface area contributed by atoms with Gasteiger partial charge in [0.15, 0.2) is 10.8 Å². The van der Waals surface area contributed by atoms with Gasteiger partial charge in [-0.05, 0) is 47.5 Å². The molecule has 0 bridgehead atoms. The fraction of sp³-hybridized carbons (Fsp3) is 0.214. The van der Waals surface area contributed by atoms with E-state index in [0.717, 1.165) is 16.8 Å². The second kappa shape index (κ2) is 10.2. The van der Waals surface area contributed by atoms with Crippen LogP contribution in [0.4, 0.5) is 18.0 Å². The number of halogens is 4. The Balaban J connectivity index is 1.53. The third-order valence-corrected chi connectivity index (χ3v) is 8.16. The molecule has 1 fully saturated rings. The first-order chi connectivity index (χ1) is 19.2. The van der Waals surface area contributed by atoms with Gasteiger partial charge in [0, 0.05) is 18.0 Å². The number of aromatic nitrogens is 1. The number of benzene rings is 3. The lowest BCUT2D eigenvalue weighted by molar-refractivity contribution is -0.137. The molecule has 0 spiro atoms. The van der Waals surface area contributed by atoms with Gasteiger partial charge in [0.25, 0.3) is 0 Å². The summed E-state index contributed by atoms with van der Waals surface area (Å²) in [5, 5.41) is 3.62. The first-order valence-corrected chi connectivity index (χ1v) is 13.6. The van der Waals surface area contributed by atoms with E-state index in [0.29, 0.717) is 21.1 Å². The van der Waals surface area contributed by atoms with E-state index in [-0.39, 0.29) is 36.9 Å². The molecular weight excluding hydrogens is 563 g/mol. The molecule has 6 rings (SSSR count). The van der Waals surface area contributed by atoms with Crippen LogP contribution in [0.2, 0.25) is 5.02 Å². The number of alkyl halides is 3. The van der Waals surface area contributed by atoms with Gasteiger partial charge in [0.2, 0.25) is 5.91 Å². The van der Waals surface area contributed by atoms with E-state index in [1.54, 1.807) is 30.3 Å². The number of hydrogen-bond acceptors (Lipinski definition) is 5. The Labute approximate surface area is 235 Å². The van der Waals surface area contributed by atoms with Crippen LogP contribution in [0.3, 0.4) is 0 Å². The molecule has 2 unspecified atom stereocenters.